The molecule has 2 aromatic rings. The van der Waals surface area contributed by atoms with Gasteiger partial charge in [-0.15, -0.1) is 0 Å². The average molecular weight is 222 g/mol. The molecule has 2 aromatic carbocycles. The van der Waals surface area contributed by atoms with Crippen LogP contribution in [-0.4, -0.2) is 13.1 Å². The number of hydrogen-bond acceptors (Lipinski definition) is 2. The Morgan fingerprint density at radius 1 is 1.19 bits per heavy atom. The number of fused-ring (bicyclic) bond motifs is 1. The van der Waals surface area contributed by atoms with Crippen LogP contribution in [0.1, 0.15) is 10.4 Å². The lowest BCUT2D eigenvalue weighted by molar-refractivity contribution is 0.0600. The van der Waals surface area contributed by atoms with Gasteiger partial charge in [-0.25, -0.2) is 13.6 Å². The predicted octanol–water partition coefficient (Wildman–Crippen LogP) is 2.90. The summed E-state index contributed by atoms with van der Waals surface area (Å²) in [5, 5.41) is 0.606. The molecule has 0 saturated carbocycles. The van der Waals surface area contributed by atoms with Crippen LogP contribution >= 0.6 is 0 Å². The highest BCUT2D eigenvalue weighted by Crippen LogP contribution is 2.21. The third kappa shape index (κ3) is 1.74. The van der Waals surface area contributed by atoms with Crippen molar-refractivity contribution in [3.63, 3.8) is 0 Å². The fourth-order valence-corrected chi connectivity index (χ4v) is 1.52. The number of esters is 1. The highest BCUT2D eigenvalue weighted by Gasteiger charge is 2.10. The Morgan fingerprint density at radius 3 is 2.62 bits per heavy atom. The first-order valence-corrected chi connectivity index (χ1v) is 4.59. The molecule has 0 atom stereocenters. The molecule has 0 aliphatic heterocycles. The van der Waals surface area contributed by atoms with E-state index < -0.39 is 17.6 Å². The zero-order chi connectivity index (χ0) is 11.7. The number of carbonyl (C=O) groups is 1. The SMILES string of the molecule is COC(=O)c1cc(F)c2cc(F)ccc2c1. The van der Waals surface area contributed by atoms with E-state index in [2.05, 4.69) is 4.74 Å². The molecule has 0 aliphatic rings. The van der Waals surface area contributed by atoms with Gasteiger partial charge in [-0.2, -0.15) is 0 Å². The number of methoxy groups -OCH3 is 1. The molecule has 0 N–H and O–H groups in total. The van der Waals surface area contributed by atoms with Gasteiger partial charge in [0.2, 0.25) is 0 Å². The first-order chi connectivity index (χ1) is 7.61. The Balaban J connectivity index is 2.68. The molecular weight excluding hydrogens is 214 g/mol. The molecule has 0 heterocycles. The van der Waals surface area contributed by atoms with Crippen LogP contribution in [0.15, 0.2) is 30.3 Å². The summed E-state index contributed by atoms with van der Waals surface area (Å²) in [5.74, 6) is -1.78. The summed E-state index contributed by atoms with van der Waals surface area (Å²) in [6.07, 6.45) is 0. The highest BCUT2D eigenvalue weighted by molar-refractivity contribution is 5.95. The third-order valence-corrected chi connectivity index (χ3v) is 2.29. The van der Waals surface area contributed by atoms with Gasteiger partial charge in [-0.1, -0.05) is 6.07 Å². The minimum atomic E-state index is -0.641. The van der Waals surface area contributed by atoms with Gasteiger partial charge in [0, 0.05) is 5.39 Å². The summed E-state index contributed by atoms with van der Waals surface area (Å²) in [7, 11) is 1.22. The standard InChI is InChI=1S/C12H8F2O2/c1-16-12(15)8-4-7-2-3-9(13)6-10(7)11(14)5-8/h2-6H,1H3. The molecule has 2 rings (SSSR count). The summed E-state index contributed by atoms with van der Waals surface area (Å²) in [5.41, 5.74) is 0.110. The number of hydrogen-bond donors (Lipinski definition) is 0. The topological polar surface area (TPSA) is 26.3 Å². The second-order valence-electron chi connectivity index (χ2n) is 3.32. The smallest absolute Gasteiger partial charge is 0.337 e. The van der Waals surface area contributed by atoms with E-state index in [0.717, 1.165) is 12.1 Å². The predicted molar refractivity (Wildman–Crippen MR) is 55.2 cm³/mol. The Kier molecular flexibility index (Phi) is 2.56. The molecule has 0 spiro atoms. The molecular formula is C12H8F2O2. The summed E-state index contributed by atoms with van der Waals surface area (Å²) in [4.78, 5) is 11.2. The molecule has 0 fully saturated rings. The van der Waals surface area contributed by atoms with Crippen LogP contribution in [0.4, 0.5) is 8.78 Å². The summed E-state index contributed by atoms with van der Waals surface area (Å²) in [6, 6.07) is 6.21. The molecule has 0 bridgehead atoms. The van der Waals surface area contributed by atoms with Crippen LogP contribution in [0.5, 0.6) is 0 Å². The number of halogens is 2. The van der Waals surface area contributed by atoms with Crippen LogP contribution in [0.2, 0.25) is 0 Å². The number of carbonyl (C=O) groups excluding carboxylic acids is 1. The van der Waals surface area contributed by atoms with Crippen LogP contribution in [-0.2, 0) is 4.74 Å². The van der Waals surface area contributed by atoms with Crippen molar-refractivity contribution >= 4 is 16.7 Å². The van der Waals surface area contributed by atoms with E-state index in [1.807, 2.05) is 0 Å². The number of ether oxygens (including phenoxy) is 1. The largest absolute Gasteiger partial charge is 0.465 e. The monoisotopic (exact) mass is 222 g/mol. The van der Waals surface area contributed by atoms with Crippen LogP contribution in [0.25, 0.3) is 10.8 Å². The van der Waals surface area contributed by atoms with E-state index in [9.17, 15) is 13.6 Å². The van der Waals surface area contributed by atoms with Gasteiger partial charge in [-0.05, 0) is 29.7 Å². The van der Waals surface area contributed by atoms with Crippen molar-refractivity contribution in [1.29, 1.82) is 0 Å². The summed E-state index contributed by atoms with van der Waals surface area (Å²) in [6.45, 7) is 0. The molecule has 0 aliphatic carbocycles. The van der Waals surface area contributed by atoms with E-state index in [1.165, 1.54) is 25.3 Å². The molecule has 0 unspecified atom stereocenters. The highest BCUT2D eigenvalue weighted by atomic mass is 19.1. The average Bonchev–Trinajstić information content (AvgIpc) is 2.28. The fourth-order valence-electron chi connectivity index (χ4n) is 1.52. The van der Waals surface area contributed by atoms with Gasteiger partial charge >= 0.3 is 5.97 Å². The maximum absolute atomic E-state index is 13.5. The van der Waals surface area contributed by atoms with Crippen molar-refractivity contribution in [1.82, 2.24) is 0 Å². The Hall–Kier alpha value is -1.97. The molecule has 16 heavy (non-hydrogen) atoms. The maximum Gasteiger partial charge on any atom is 0.337 e. The third-order valence-electron chi connectivity index (χ3n) is 2.29. The molecule has 0 radical (unpaired) electrons. The van der Waals surface area contributed by atoms with Gasteiger partial charge in [0.25, 0.3) is 0 Å². The second-order valence-corrected chi connectivity index (χ2v) is 3.32. The van der Waals surface area contributed by atoms with Crippen molar-refractivity contribution in [2.75, 3.05) is 7.11 Å². The fraction of sp³-hybridized carbons (Fsp3) is 0.0833. The van der Waals surface area contributed by atoms with Gasteiger partial charge < -0.3 is 4.74 Å². The molecule has 4 heteroatoms. The quantitative estimate of drug-likeness (QED) is 0.693. The van der Waals surface area contributed by atoms with Gasteiger partial charge in [0.1, 0.15) is 11.6 Å². The van der Waals surface area contributed by atoms with Crippen molar-refractivity contribution in [3.05, 3.63) is 47.5 Å². The lowest BCUT2D eigenvalue weighted by Crippen LogP contribution is -2.01. The first-order valence-electron chi connectivity index (χ1n) is 4.59. The lowest BCUT2D eigenvalue weighted by atomic mass is 10.1. The lowest BCUT2D eigenvalue weighted by Gasteiger charge is -2.03. The summed E-state index contributed by atoms with van der Waals surface area (Å²) >= 11 is 0. The maximum atomic E-state index is 13.5. The molecule has 82 valence electrons. The Labute approximate surface area is 90.4 Å². The summed E-state index contributed by atoms with van der Waals surface area (Å²) < 4.78 is 30.9. The molecule has 0 aromatic heterocycles. The van der Waals surface area contributed by atoms with Crippen molar-refractivity contribution < 1.29 is 18.3 Å². The molecule has 2 nitrogen and oxygen atoms in total. The Morgan fingerprint density at radius 2 is 1.94 bits per heavy atom. The first kappa shape index (κ1) is 10.5. The van der Waals surface area contributed by atoms with Crippen molar-refractivity contribution in [2.24, 2.45) is 0 Å². The van der Waals surface area contributed by atoms with E-state index in [-0.39, 0.29) is 10.9 Å². The van der Waals surface area contributed by atoms with E-state index >= 15 is 0 Å². The van der Waals surface area contributed by atoms with Crippen LogP contribution in [0.3, 0.4) is 0 Å². The zero-order valence-electron chi connectivity index (χ0n) is 8.46. The van der Waals surface area contributed by atoms with Crippen LogP contribution < -0.4 is 0 Å². The van der Waals surface area contributed by atoms with E-state index in [0.29, 0.717) is 5.39 Å². The second kappa shape index (κ2) is 3.89. The molecule has 0 saturated heterocycles. The normalized spacial score (nSPS) is 10.4. The van der Waals surface area contributed by atoms with E-state index in [4.69, 9.17) is 0 Å². The van der Waals surface area contributed by atoms with E-state index in [1.54, 1.807) is 0 Å². The van der Waals surface area contributed by atoms with Gasteiger partial charge in [-0.3, -0.25) is 0 Å². The van der Waals surface area contributed by atoms with Gasteiger partial charge in [0.15, 0.2) is 0 Å². The van der Waals surface area contributed by atoms with Crippen molar-refractivity contribution in [3.8, 4) is 0 Å². The molecule has 0 amide bonds. The zero-order valence-corrected chi connectivity index (χ0v) is 8.46. The number of benzene rings is 2. The Bertz CT molecular complexity index is 564. The van der Waals surface area contributed by atoms with Crippen LogP contribution in [0, 0.1) is 11.6 Å². The van der Waals surface area contributed by atoms with Gasteiger partial charge in [0.05, 0.1) is 12.7 Å². The minimum absolute atomic E-state index is 0.110. The van der Waals surface area contributed by atoms with Crippen molar-refractivity contribution in [2.45, 2.75) is 0 Å². The minimum Gasteiger partial charge on any atom is -0.465 e. The number of rotatable bonds is 1.